The van der Waals surface area contributed by atoms with Crippen molar-refractivity contribution in [1.29, 1.82) is 0 Å². The fraction of sp³-hybridized carbons (Fsp3) is 0.636. The first-order valence-corrected chi connectivity index (χ1v) is 14.9. The summed E-state index contributed by atoms with van der Waals surface area (Å²) in [6.45, 7) is 14.2. The van der Waals surface area contributed by atoms with Gasteiger partial charge in [0.05, 0.1) is 6.54 Å². The Morgan fingerprint density at radius 2 is 1.80 bits per heavy atom. The Kier molecular flexibility index (Phi) is 5.80. The number of aromatic nitrogens is 3. The van der Waals surface area contributed by atoms with E-state index in [1.54, 1.807) is 10.8 Å². The molecule has 1 aromatic heterocycles. The molecule has 5 aliphatic rings. The molecular formula is C33H44N4O3. The molecule has 6 rings (SSSR count). The first-order valence-electron chi connectivity index (χ1n) is 14.9. The normalized spacial score (nSPS) is 40.6. The van der Waals surface area contributed by atoms with Crippen LogP contribution in [-0.2, 0) is 23.2 Å². The van der Waals surface area contributed by atoms with E-state index < -0.39 is 5.41 Å². The van der Waals surface area contributed by atoms with Gasteiger partial charge in [0.15, 0.2) is 5.76 Å². The second-order valence-corrected chi connectivity index (χ2v) is 14.7. The average molecular weight is 545 g/mol. The summed E-state index contributed by atoms with van der Waals surface area (Å²) in [6.07, 6.45) is 15.1. The minimum absolute atomic E-state index is 0.0236. The molecule has 3 fully saturated rings. The van der Waals surface area contributed by atoms with Crippen LogP contribution in [-0.4, -0.2) is 31.8 Å². The number of allylic oxidation sites excluding steroid dienone is 7. The summed E-state index contributed by atoms with van der Waals surface area (Å²) < 4.78 is 1.66. The van der Waals surface area contributed by atoms with E-state index in [1.807, 2.05) is 20.2 Å². The number of nitrogens with zero attached hydrogens (tertiary/aromatic N) is 3. The van der Waals surface area contributed by atoms with Crippen LogP contribution in [0.25, 0.3) is 0 Å². The number of hydrogen-bond acceptors (Lipinski definition) is 5. The Labute approximate surface area is 237 Å². The van der Waals surface area contributed by atoms with Crippen LogP contribution in [0, 0.1) is 33.0 Å². The molecule has 214 valence electrons. The quantitative estimate of drug-likeness (QED) is 0.482. The number of fused-ring (bicyclic) bond motifs is 7. The van der Waals surface area contributed by atoms with Gasteiger partial charge in [0.25, 0.3) is 0 Å². The van der Waals surface area contributed by atoms with E-state index in [0.717, 1.165) is 61.8 Å². The minimum Gasteiger partial charge on any atom is -0.504 e. The molecule has 2 N–H and O–H groups in total. The zero-order chi connectivity index (χ0) is 28.9. The van der Waals surface area contributed by atoms with Gasteiger partial charge in [-0.1, -0.05) is 57.6 Å². The van der Waals surface area contributed by atoms with Crippen LogP contribution in [0.4, 0.5) is 0 Å². The van der Waals surface area contributed by atoms with Crippen molar-refractivity contribution < 1.29 is 14.7 Å². The van der Waals surface area contributed by atoms with E-state index >= 15 is 0 Å². The Bertz CT molecular complexity index is 1450. The van der Waals surface area contributed by atoms with Gasteiger partial charge in [-0.15, -0.1) is 5.10 Å². The van der Waals surface area contributed by atoms with E-state index in [-0.39, 0.29) is 39.1 Å². The van der Waals surface area contributed by atoms with Crippen LogP contribution in [0.3, 0.4) is 0 Å². The van der Waals surface area contributed by atoms with Crippen LogP contribution in [0.1, 0.15) is 92.2 Å². The van der Waals surface area contributed by atoms with Gasteiger partial charge in [-0.3, -0.25) is 14.3 Å². The molecule has 7 heteroatoms. The maximum absolute atomic E-state index is 13.7. The van der Waals surface area contributed by atoms with Gasteiger partial charge in [-0.2, -0.15) is 0 Å². The van der Waals surface area contributed by atoms with Gasteiger partial charge < -0.3 is 10.4 Å². The minimum atomic E-state index is -0.430. The number of aliphatic hydroxyl groups excluding tert-OH is 1. The molecule has 0 unspecified atom stereocenters. The number of carbonyl (C=O) groups excluding carboxylic acids is 2. The molecule has 0 aliphatic heterocycles. The van der Waals surface area contributed by atoms with Crippen molar-refractivity contribution >= 4 is 11.7 Å². The first-order chi connectivity index (χ1) is 18.7. The highest BCUT2D eigenvalue weighted by atomic mass is 16.3. The number of aliphatic hydroxyl groups is 1. The summed E-state index contributed by atoms with van der Waals surface area (Å²) in [7, 11) is 1.83. The monoisotopic (exact) mass is 544 g/mol. The van der Waals surface area contributed by atoms with E-state index in [4.69, 9.17) is 0 Å². The molecule has 40 heavy (non-hydrogen) atoms. The standard InChI is InChI=1S/C33H44N4O3/c1-20-22-8-9-25-31(4,23(22)16-24(38)27(20)39)13-15-33(6)26-17-30(3,11-10-29(26,2)12-14-32(25,33)5)28(40)34-18-21-19-37(7)36-35-21/h8-9,16,19,26,39H,10-15,17-18H2,1-7H3,(H,34,40)/t26-,29-,30-,31+,32-,33+/m1/s1. The van der Waals surface area contributed by atoms with E-state index in [1.165, 1.54) is 5.57 Å². The molecule has 0 aromatic carbocycles. The first kappa shape index (κ1) is 27.2. The van der Waals surface area contributed by atoms with Gasteiger partial charge in [-0.05, 0) is 91.3 Å². The highest BCUT2D eigenvalue weighted by Crippen LogP contribution is 2.75. The third-order valence-corrected chi connectivity index (χ3v) is 12.5. The lowest BCUT2D eigenvalue weighted by molar-refractivity contribution is -0.169. The molecule has 0 bridgehead atoms. The predicted molar refractivity (Wildman–Crippen MR) is 154 cm³/mol. The maximum Gasteiger partial charge on any atom is 0.226 e. The number of amides is 1. The van der Waals surface area contributed by atoms with Gasteiger partial charge in [0.1, 0.15) is 5.69 Å². The zero-order valence-electron chi connectivity index (χ0n) is 25.1. The number of aryl methyl sites for hydroxylation is 1. The average Bonchev–Trinajstić information content (AvgIpc) is 3.34. The number of ketones is 1. The molecule has 6 atom stereocenters. The summed E-state index contributed by atoms with van der Waals surface area (Å²) in [5.41, 5.74) is 4.45. The van der Waals surface area contributed by atoms with Crippen molar-refractivity contribution in [1.82, 2.24) is 20.3 Å². The smallest absolute Gasteiger partial charge is 0.226 e. The van der Waals surface area contributed by atoms with Crippen LogP contribution in [0.2, 0.25) is 0 Å². The Morgan fingerprint density at radius 3 is 2.50 bits per heavy atom. The van der Waals surface area contributed by atoms with E-state index in [0.29, 0.717) is 18.0 Å². The van der Waals surface area contributed by atoms with Gasteiger partial charge >= 0.3 is 0 Å². The second kappa shape index (κ2) is 8.53. The summed E-state index contributed by atoms with van der Waals surface area (Å²) >= 11 is 0. The molecule has 0 saturated heterocycles. The number of carbonyl (C=O) groups is 2. The third kappa shape index (κ3) is 3.54. The van der Waals surface area contributed by atoms with Crippen LogP contribution < -0.4 is 5.32 Å². The molecule has 0 spiro atoms. The van der Waals surface area contributed by atoms with E-state index in [2.05, 4.69) is 62.4 Å². The lowest BCUT2D eigenvalue weighted by Gasteiger charge is -2.70. The molecule has 3 saturated carbocycles. The maximum atomic E-state index is 13.7. The summed E-state index contributed by atoms with van der Waals surface area (Å²) in [5.74, 6) is 0.115. The topological polar surface area (TPSA) is 97.1 Å². The highest BCUT2D eigenvalue weighted by Gasteiger charge is 2.67. The van der Waals surface area contributed by atoms with Crippen molar-refractivity contribution in [2.24, 2.45) is 40.0 Å². The summed E-state index contributed by atoms with van der Waals surface area (Å²) in [4.78, 5) is 26.4. The van der Waals surface area contributed by atoms with Crippen molar-refractivity contribution in [3.05, 3.63) is 58.2 Å². The molecule has 0 radical (unpaired) electrons. The molecule has 1 aromatic rings. The fourth-order valence-electron chi connectivity index (χ4n) is 9.52. The molecule has 5 aliphatic carbocycles. The highest BCUT2D eigenvalue weighted by molar-refractivity contribution is 6.06. The zero-order valence-corrected chi connectivity index (χ0v) is 25.1. The Balaban J connectivity index is 1.34. The molecule has 1 heterocycles. The van der Waals surface area contributed by atoms with Crippen molar-refractivity contribution in [3.63, 3.8) is 0 Å². The molecule has 1 amide bonds. The number of nitrogens with one attached hydrogen (secondary N) is 1. The van der Waals surface area contributed by atoms with Crippen LogP contribution in [0.15, 0.2) is 52.5 Å². The number of rotatable bonds is 3. The van der Waals surface area contributed by atoms with Crippen molar-refractivity contribution in [2.75, 3.05) is 0 Å². The largest absolute Gasteiger partial charge is 0.504 e. The molecule has 7 nitrogen and oxygen atoms in total. The molecular weight excluding hydrogens is 500 g/mol. The fourth-order valence-corrected chi connectivity index (χ4v) is 9.52. The van der Waals surface area contributed by atoms with Crippen LogP contribution >= 0.6 is 0 Å². The summed E-state index contributed by atoms with van der Waals surface area (Å²) in [6, 6.07) is 0. The third-order valence-electron chi connectivity index (χ3n) is 12.5. The lowest BCUT2D eigenvalue weighted by Crippen LogP contribution is -2.62. The van der Waals surface area contributed by atoms with Gasteiger partial charge in [0.2, 0.25) is 11.7 Å². The van der Waals surface area contributed by atoms with Crippen LogP contribution in [0.5, 0.6) is 0 Å². The van der Waals surface area contributed by atoms with Gasteiger partial charge in [-0.25, -0.2) is 0 Å². The van der Waals surface area contributed by atoms with E-state index in [9.17, 15) is 14.7 Å². The predicted octanol–water partition coefficient (Wildman–Crippen LogP) is 6.06. The Morgan fingerprint density at radius 1 is 1.07 bits per heavy atom. The van der Waals surface area contributed by atoms with Crippen molar-refractivity contribution in [2.45, 2.75) is 93.0 Å². The SMILES string of the molecule is CC1=C(O)C(=O)C=C2C1=CC=C1[C@@]2(C)CC[C@@]2(C)[C@@H]3C[C@](C)(C(=O)NCc4cn(C)nn4)CC[C@]3(C)CC[C@]12C. The number of hydrogen-bond donors (Lipinski definition) is 2. The Hall–Kier alpha value is -2.96. The second-order valence-electron chi connectivity index (χ2n) is 14.7. The lowest BCUT2D eigenvalue weighted by atomic mass is 9.34. The van der Waals surface area contributed by atoms with Gasteiger partial charge in [0, 0.05) is 29.6 Å². The van der Waals surface area contributed by atoms with Crippen molar-refractivity contribution in [3.8, 4) is 0 Å². The summed E-state index contributed by atoms with van der Waals surface area (Å²) in [5, 5.41) is 21.7.